The predicted molar refractivity (Wildman–Crippen MR) is 40.0 cm³/mol. The van der Waals surface area contributed by atoms with E-state index in [1.165, 1.54) is 0 Å². The van der Waals surface area contributed by atoms with Gasteiger partial charge in [0.05, 0.1) is 0 Å². The maximum atomic E-state index is 10.4. The molecule has 0 radical (unpaired) electrons. The number of hydrogen-bond acceptors (Lipinski definition) is 3. The number of rotatable bonds is 4. The Hall–Kier alpha value is -1.26. The molecule has 2 N–H and O–H groups in total. The maximum absolute atomic E-state index is 10.4. The zero-order valence-electron chi connectivity index (χ0n) is 6.98. The summed E-state index contributed by atoms with van der Waals surface area (Å²) in [5, 5.41) is 16.6. The first-order valence-corrected chi connectivity index (χ1v) is 3.56. The van der Waals surface area contributed by atoms with Crippen LogP contribution in [0.4, 0.5) is 4.79 Å². The third kappa shape index (κ3) is 4.54. The minimum atomic E-state index is -1.55. The molecule has 0 aromatic heterocycles. The van der Waals surface area contributed by atoms with E-state index in [-0.39, 0.29) is 12.3 Å². The minimum absolute atomic E-state index is 0.0884. The van der Waals surface area contributed by atoms with Crippen molar-refractivity contribution in [3.63, 3.8) is 0 Å². The van der Waals surface area contributed by atoms with Gasteiger partial charge in [-0.3, -0.25) is 0 Å². The van der Waals surface area contributed by atoms with E-state index in [9.17, 15) is 9.59 Å². The molecule has 0 amide bonds. The van der Waals surface area contributed by atoms with Gasteiger partial charge in [-0.15, -0.1) is 0 Å². The molecule has 0 fully saturated rings. The molecule has 0 heterocycles. The van der Waals surface area contributed by atoms with Crippen molar-refractivity contribution in [3.05, 3.63) is 0 Å². The molecule has 0 bridgehead atoms. The average Bonchev–Trinajstić information content (AvgIpc) is 1.83. The molecule has 0 saturated carbocycles. The van der Waals surface area contributed by atoms with Gasteiger partial charge in [0.25, 0.3) is 0 Å². The van der Waals surface area contributed by atoms with Crippen LogP contribution in [0.2, 0.25) is 0 Å². The third-order valence-corrected chi connectivity index (χ3v) is 1.20. The zero-order valence-corrected chi connectivity index (χ0v) is 6.98. The second-order valence-corrected chi connectivity index (χ2v) is 2.84. The van der Waals surface area contributed by atoms with Crippen LogP contribution < -0.4 is 0 Å². The van der Waals surface area contributed by atoms with Gasteiger partial charge in [-0.25, -0.2) is 9.59 Å². The van der Waals surface area contributed by atoms with Crippen LogP contribution in [0.25, 0.3) is 0 Å². The molecule has 1 unspecified atom stereocenters. The Morgan fingerprint density at radius 1 is 1.33 bits per heavy atom. The second kappa shape index (κ2) is 4.58. The van der Waals surface area contributed by atoms with Gasteiger partial charge in [-0.1, -0.05) is 13.8 Å². The lowest BCUT2D eigenvalue weighted by Crippen LogP contribution is -2.27. The van der Waals surface area contributed by atoms with Gasteiger partial charge in [-0.05, 0) is 12.3 Å². The predicted octanol–water partition coefficient (Wildman–Crippen LogP) is 1.18. The summed E-state index contributed by atoms with van der Waals surface area (Å²) in [5.41, 5.74) is 0. The number of carboxylic acids is 1. The highest BCUT2D eigenvalue weighted by Crippen LogP contribution is 2.08. The van der Waals surface area contributed by atoms with E-state index in [1.807, 2.05) is 0 Å². The van der Waals surface area contributed by atoms with Gasteiger partial charge in [0.15, 0.2) is 0 Å². The third-order valence-electron chi connectivity index (χ3n) is 1.20. The largest absolute Gasteiger partial charge is 0.506 e. The zero-order chi connectivity index (χ0) is 9.72. The summed E-state index contributed by atoms with van der Waals surface area (Å²) in [6.45, 7) is 3.59. The summed E-state index contributed by atoms with van der Waals surface area (Å²) >= 11 is 0. The van der Waals surface area contributed by atoms with Crippen molar-refractivity contribution in [3.8, 4) is 0 Å². The van der Waals surface area contributed by atoms with Crippen LogP contribution in [-0.2, 0) is 9.53 Å². The van der Waals surface area contributed by atoms with E-state index in [1.54, 1.807) is 13.8 Å². The molecule has 12 heavy (non-hydrogen) atoms. The molecule has 1 atom stereocenters. The Morgan fingerprint density at radius 2 is 1.83 bits per heavy atom. The van der Waals surface area contributed by atoms with Gasteiger partial charge in [0.1, 0.15) is 0 Å². The summed E-state index contributed by atoms with van der Waals surface area (Å²) in [5.74, 6) is -1.16. The van der Waals surface area contributed by atoms with Crippen LogP contribution in [0, 0.1) is 5.92 Å². The van der Waals surface area contributed by atoms with Crippen LogP contribution in [0.5, 0.6) is 0 Å². The Balaban J connectivity index is 4.04. The Morgan fingerprint density at radius 3 is 2.08 bits per heavy atom. The lowest BCUT2D eigenvalue weighted by Gasteiger charge is -2.12. The van der Waals surface area contributed by atoms with Gasteiger partial charge in [0.2, 0.25) is 6.10 Å². The lowest BCUT2D eigenvalue weighted by atomic mass is 10.1. The van der Waals surface area contributed by atoms with Crippen molar-refractivity contribution < 1.29 is 24.5 Å². The Labute approximate surface area is 70.0 Å². The molecule has 0 spiro atoms. The highest BCUT2D eigenvalue weighted by Gasteiger charge is 2.22. The van der Waals surface area contributed by atoms with Crippen molar-refractivity contribution in [2.75, 3.05) is 0 Å². The first kappa shape index (κ1) is 10.7. The Kier molecular flexibility index (Phi) is 4.10. The quantitative estimate of drug-likeness (QED) is 0.628. The SMILES string of the molecule is CC(C)CC(OC(=O)O)C(=O)O. The normalized spacial score (nSPS) is 12.6. The fraction of sp³-hybridized carbons (Fsp3) is 0.714. The molecule has 0 aliphatic heterocycles. The van der Waals surface area contributed by atoms with E-state index >= 15 is 0 Å². The second-order valence-electron chi connectivity index (χ2n) is 2.84. The fourth-order valence-corrected chi connectivity index (χ4v) is 0.749. The van der Waals surface area contributed by atoms with Crippen LogP contribution in [-0.4, -0.2) is 28.4 Å². The molecule has 0 aliphatic carbocycles. The molecule has 0 aromatic rings. The maximum Gasteiger partial charge on any atom is 0.506 e. The lowest BCUT2D eigenvalue weighted by molar-refractivity contribution is -0.148. The molecule has 5 nitrogen and oxygen atoms in total. The number of carbonyl (C=O) groups is 2. The molecular weight excluding hydrogens is 164 g/mol. The smallest absolute Gasteiger partial charge is 0.479 e. The van der Waals surface area contributed by atoms with E-state index in [4.69, 9.17) is 10.2 Å². The summed E-state index contributed by atoms with van der Waals surface area (Å²) in [7, 11) is 0. The molecule has 0 aromatic carbocycles. The number of aliphatic carboxylic acids is 1. The van der Waals surface area contributed by atoms with Crippen molar-refractivity contribution in [1.29, 1.82) is 0 Å². The molecule has 0 aliphatic rings. The monoisotopic (exact) mass is 176 g/mol. The van der Waals surface area contributed by atoms with E-state index in [0.717, 1.165) is 0 Å². The molecule has 70 valence electrons. The summed E-state index contributed by atoms with van der Waals surface area (Å²) in [4.78, 5) is 20.4. The topological polar surface area (TPSA) is 83.8 Å². The van der Waals surface area contributed by atoms with Crippen LogP contribution >= 0.6 is 0 Å². The van der Waals surface area contributed by atoms with E-state index < -0.39 is 18.2 Å². The first-order chi connectivity index (χ1) is 5.43. The fourth-order valence-electron chi connectivity index (χ4n) is 0.749. The standard InChI is InChI=1S/C7H12O5/c1-4(2)3-5(6(8)9)12-7(10)11/h4-5H,3H2,1-2H3,(H,8,9)(H,10,11). The van der Waals surface area contributed by atoms with E-state index in [2.05, 4.69) is 4.74 Å². The highest BCUT2D eigenvalue weighted by atomic mass is 16.7. The van der Waals surface area contributed by atoms with Crippen LogP contribution in [0.15, 0.2) is 0 Å². The van der Waals surface area contributed by atoms with Crippen LogP contribution in [0.1, 0.15) is 20.3 Å². The molecule has 0 saturated heterocycles. The minimum Gasteiger partial charge on any atom is -0.479 e. The summed E-state index contributed by atoms with van der Waals surface area (Å²) in [6, 6.07) is 0. The number of ether oxygens (including phenoxy) is 1. The van der Waals surface area contributed by atoms with Crippen LogP contribution in [0.3, 0.4) is 0 Å². The average molecular weight is 176 g/mol. The van der Waals surface area contributed by atoms with Gasteiger partial charge in [-0.2, -0.15) is 0 Å². The summed E-state index contributed by atoms with van der Waals surface area (Å²) < 4.78 is 4.14. The molecule has 0 rings (SSSR count). The van der Waals surface area contributed by atoms with Crippen molar-refractivity contribution in [1.82, 2.24) is 0 Å². The summed E-state index contributed by atoms with van der Waals surface area (Å²) in [6.07, 6.45) is -2.60. The van der Waals surface area contributed by atoms with E-state index in [0.29, 0.717) is 0 Å². The number of carboxylic acid groups (broad SMARTS) is 2. The number of hydrogen-bond donors (Lipinski definition) is 2. The van der Waals surface area contributed by atoms with Gasteiger partial charge in [0, 0.05) is 0 Å². The van der Waals surface area contributed by atoms with Crippen molar-refractivity contribution in [2.24, 2.45) is 5.92 Å². The molecular formula is C7H12O5. The van der Waals surface area contributed by atoms with Crippen molar-refractivity contribution in [2.45, 2.75) is 26.4 Å². The highest BCUT2D eigenvalue weighted by molar-refractivity contribution is 5.75. The van der Waals surface area contributed by atoms with Gasteiger partial charge >= 0.3 is 12.1 Å². The van der Waals surface area contributed by atoms with Gasteiger partial charge < -0.3 is 14.9 Å². The first-order valence-electron chi connectivity index (χ1n) is 3.56. The van der Waals surface area contributed by atoms with Crippen molar-refractivity contribution >= 4 is 12.1 Å². The Bertz CT molecular complexity index is 175. The molecule has 5 heteroatoms.